The number of hydrogen-bond donors (Lipinski definition) is 1. The lowest BCUT2D eigenvalue weighted by Gasteiger charge is -2.28. The number of likely N-dealkylation sites (tertiary alicyclic amines) is 1. The van der Waals surface area contributed by atoms with Crippen LogP contribution < -0.4 is 5.32 Å². The maximum Gasteiger partial charge on any atom is 0.326 e. The van der Waals surface area contributed by atoms with Crippen molar-refractivity contribution in [3.8, 4) is 0 Å². The van der Waals surface area contributed by atoms with Gasteiger partial charge >= 0.3 is 5.97 Å². The number of hydrogen-bond acceptors (Lipinski definition) is 4. The molecule has 0 spiro atoms. The van der Waals surface area contributed by atoms with Gasteiger partial charge in [0.15, 0.2) is 0 Å². The van der Waals surface area contributed by atoms with Crippen molar-refractivity contribution in [3.05, 3.63) is 0 Å². The third-order valence-corrected chi connectivity index (χ3v) is 4.13. The normalized spacial score (nSPS) is 19.9. The lowest BCUT2D eigenvalue weighted by atomic mass is 9.95. The molecule has 0 bridgehead atoms. The highest BCUT2D eigenvalue weighted by atomic mass is 16.5. The molecule has 1 saturated heterocycles. The van der Waals surface area contributed by atoms with Gasteiger partial charge in [-0.2, -0.15) is 0 Å². The van der Waals surface area contributed by atoms with Crippen molar-refractivity contribution in [2.45, 2.75) is 57.9 Å². The summed E-state index contributed by atoms with van der Waals surface area (Å²) in [6.45, 7) is 7.91. The number of nitrogens with one attached hydrogen (secondary N) is 1. The molecule has 19 heavy (non-hydrogen) atoms. The molecule has 4 nitrogen and oxygen atoms in total. The van der Waals surface area contributed by atoms with E-state index in [9.17, 15) is 4.79 Å². The molecule has 1 unspecified atom stereocenters. The molecule has 1 rings (SSSR count). The third-order valence-electron chi connectivity index (χ3n) is 4.13. The Morgan fingerprint density at radius 2 is 1.95 bits per heavy atom. The monoisotopic (exact) mass is 270 g/mol. The molecule has 0 aromatic carbocycles. The molecule has 0 radical (unpaired) electrons. The van der Waals surface area contributed by atoms with Gasteiger partial charge in [0.05, 0.1) is 6.61 Å². The quantitative estimate of drug-likeness (QED) is 0.542. The molecular weight excluding hydrogens is 240 g/mol. The van der Waals surface area contributed by atoms with Crippen molar-refractivity contribution in [3.63, 3.8) is 0 Å². The van der Waals surface area contributed by atoms with Crippen molar-refractivity contribution in [2.75, 3.05) is 33.3 Å². The first-order chi connectivity index (χ1) is 9.12. The maximum atomic E-state index is 11.9. The summed E-state index contributed by atoms with van der Waals surface area (Å²) in [6.07, 6.45) is 7.14. The molecule has 0 amide bonds. The number of rotatable bonds is 8. The van der Waals surface area contributed by atoms with Crippen LogP contribution in [0.25, 0.3) is 0 Å². The maximum absolute atomic E-state index is 11.9. The van der Waals surface area contributed by atoms with Crippen molar-refractivity contribution in [2.24, 2.45) is 0 Å². The second kappa shape index (κ2) is 8.54. The minimum Gasteiger partial charge on any atom is -0.465 e. The summed E-state index contributed by atoms with van der Waals surface area (Å²) >= 11 is 0. The molecule has 0 saturated carbocycles. The summed E-state index contributed by atoms with van der Waals surface area (Å²) < 4.78 is 5.13. The van der Waals surface area contributed by atoms with Gasteiger partial charge in [0.2, 0.25) is 0 Å². The van der Waals surface area contributed by atoms with Crippen LogP contribution in [0.3, 0.4) is 0 Å². The fraction of sp³-hybridized carbons (Fsp3) is 0.933. The van der Waals surface area contributed by atoms with E-state index in [1.54, 1.807) is 0 Å². The van der Waals surface area contributed by atoms with Gasteiger partial charge < -0.3 is 15.0 Å². The van der Waals surface area contributed by atoms with Crippen molar-refractivity contribution >= 4 is 5.97 Å². The number of ether oxygens (including phenoxy) is 1. The van der Waals surface area contributed by atoms with E-state index in [2.05, 4.69) is 10.2 Å². The van der Waals surface area contributed by atoms with Crippen LogP contribution >= 0.6 is 0 Å². The zero-order valence-corrected chi connectivity index (χ0v) is 12.8. The molecule has 4 heteroatoms. The van der Waals surface area contributed by atoms with Crippen LogP contribution in [0.2, 0.25) is 0 Å². The number of nitrogens with zero attached hydrogens (tertiary/aromatic N) is 1. The van der Waals surface area contributed by atoms with E-state index in [0.717, 1.165) is 19.3 Å². The Balaban J connectivity index is 2.23. The highest BCUT2D eigenvalue weighted by molar-refractivity contribution is 5.80. The van der Waals surface area contributed by atoms with Crippen LogP contribution in [0.1, 0.15) is 52.4 Å². The van der Waals surface area contributed by atoms with Crippen LogP contribution in [0, 0.1) is 0 Å². The summed E-state index contributed by atoms with van der Waals surface area (Å²) in [6, 6.07) is 0. The minimum absolute atomic E-state index is 0.129. The van der Waals surface area contributed by atoms with Crippen LogP contribution in [-0.4, -0.2) is 49.7 Å². The molecule has 1 fully saturated rings. The van der Waals surface area contributed by atoms with E-state index in [4.69, 9.17) is 4.74 Å². The number of piperidine rings is 1. The van der Waals surface area contributed by atoms with Crippen molar-refractivity contribution in [1.82, 2.24) is 10.2 Å². The van der Waals surface area contributed by atoms with E-state index in [-0.39, 0.29) is 5.97 Å². The van der Waals surface area contributed by atoms with Gasteiger partial charge in [-0.25, -0.2) is 0 Å². The summed E-state index contributed by atoms with van der Waals surface area (Å²) in [5, 5.41) is 3.11. The molecule has 0 aliphatic carbocycles. The Bertz CT molecular complexity index is 265. The van der Waals surface area contributed by atoms with Crippen LogP contribution in [0.15, 0.2) is 0 Å². The molecule has 1 aliphatic rings. The predicted molar refractivity (Wildman–Crippen MR) is 78.2 cm³/mol. The molecule has 1 N–H and O–H groups in total. The number of esters is 1. The first kappa shape index (κ1) is 16.4. The second-order valence-electron chi connectivity index (χ2n) is 5.66. The van der Waals surface area contributed by atoms with Gasteiger partial charge in [0.25, 0.3) is 0 Å². The van der Waals surface area contributed by atoms with Gasteiger partial charge in [0, 0.05) is 0 Å². The van der Waals surface area contributed by atoms with Gasteiger partial charge in [-0.3, -0.25) is 4.79 Å². The molecule has 1 aliphatic heterocycles. The predicted octanol–water partition coefficient (Wildman–Crippen LogP) is 2.18. The number of unbranched alkanes of at least 4 members (excludes halogenated alkanes) is 1. The fourth-order valence-electron chi connectivity index (χ4n) is 2.62. The highest BCUT2D eigenvalue weighted by Gasteiger charge is 2.32. The van der Waals surface area contributed by atoms with Gasteiger partial charge in [0.1, 0.15) is 5.54 Å². The average molecular weight is 270 g/mol. The topological polar surface area (TPSA) is 41.6 Å². The molecule has 112 valence electrons. The smallest absolute Gasteiger partial charge is 0.326 e. The molecule has 0 aromatic heterocycles. The zero-order valence-electron chi connectivity index (χ0n) is 12.8. The first-order valence-electron chi connectivity index (χ1n) is 7.71. The third kappa shape index (κ3) is 5.49. The van der Waals surface area contributed by atoms with Crippen LogP contribution in [0.5, 0.6) is 0 Å². The van der Waals surface area contributed by atoms with E-state index in [0.29, 0.717) is 6.61 Å². The van der Waals surface area contributed by atoms with Gasteiger partial charge in [-0.05, 0) is 72.6 Å². The Kier molecular flexibility index (Phi) is 7.39. The van der Waals surface area contributed by atoms with Crippen molar-refractivity contribution < 1.29 is 9.53 Å². The van der Waals surface area contributed by atoms with Crippen LogP contribution in [0.4, 0.5) is 0 Å². The Morgan fingerprint density at radius 3 is 2.53 bits per heavy atom. The molecule has 1 heterocycles. The standard InChI is InChI=1S/C15H30N2O2/c1-4-19-14(18)15(2,16-3)10-6-9-13-17-11-7-5-8-12-17/h16H,4-13H2,1-3H3. The summed E-state index contributed by atoms with van der Waals surface area (Å²) in [7, 11) is 1.83. The summed E-state index contributed by atoms with van der Waals surface area (Å²) in [5.41, 5.74) is -0.530. The highest BCUT2D eigenvalue weighted by Crippen LogP contribution is 2.17. The minimum atomic E-state index is -0.530. The Morgan fingerprint density at radius 1 is 1.26 bits per heavy atom. The Labute approximate surface area is 117 Å². The zero-order chi connectivity index (χ0) is 14.1. The van der Waals surface area contributed by atoms with Crippen molar-refractivity contribution in [1.29, 1.82) is 0 Å². The van der Waals surface area contributed by atoms with E-state index in [1.165, 1.54) is 38.9 Å². The number of carbonyl (C=O) groups excluding carboxylic acids is 1. The van der Waals surface area contributed by atoms with Gasteiger partial charge in [-0.1, -0.05) is 6.42 Å². The fourth-order valence-corrected chi connectivity index (χ4v) is 2.62. The van der Waals surface area contributed by atoms with Crippen LogP contribution in [-0.2, 0) is 9.53 Å². The lowest BCUT2D eigenvalue weighted by Crippen LogP contribution is -2.48. The summed E-state index contributed by atoms with van der Waals surface area (Å²) in [5.74, 6) is -0.129. The number of carbonyl (C=O) groups is 1. The van der Waals surface area contributed by atoms with E-state index >= 15 is 0 Å². The first-order valence-corrected chi connectivity index (χ1v) is 7.71. The van der Waals surface area contributed by atoms with E-state index < -0.39 is 5.54 Å². The Hall–Kier alpha value is -0.610. The SMILES string of the molecule is CCOC(=O)C(C)(CCCCN1CCCCC1)NC. The second-order valence-corrected chi connectivity index (χ2v) is 5.66. The summed E-state index contributed by atoms with van der Waals surface area (Å²) in [4.78, 5) is 14.4. The molecule has 1 atom stereocenters. The number of likely N-dealkylation sites (N-methyl/N-ethyl adjacent to an activating group) is 1. The molecule has 0 aromatic rings. The average Bonchev–Trinajstić information content (AvgIpc) is 2.44. The largest absolute Gasteiger partial charge is 0.465 e. The molecular formula is C15H30N2O2. The van der Waals surface area contributed by atoms with Gasteiger partial charge in [-0.15, -0.1) is 0 Å². The van der Waals surface area contributed by atoms with E-state index in [1.807, 2.05) is 20.9 Å². The lowest BCUT2D eigenvalue weighted by molar-refractivity contribution is -0.150.